The van der Waals surface area contributed by atoms with E-state index in [1.165, 1.54) is 45.2 Å². The van der Waals surface area contributed by atoms with Crippen molar-refractivity contribution in [2.75, 3.05) is 19.7 Å². The van der Waals surface area contributed by atoms with Crippen molar-refractivity contribution in [2.45, 2.75) is 38.1 Å². The minimum atomic E-state index is 0.411. The zero-order chi connectivity index (χ0) is 8.89. The third-order valence-corrected chi connectivity index (χ3v) is 4.24. The highest BCUT2D eigenvalue weighted by molar-refractivity contribution is 5.03. The first-order valence-electron chi connectivity index (χ1n) is 5.68. The molecule has 1 N–H and O–H groups in total. The molecular weight excluding hydrogens is 162 g/mol. The fraction of sp³-hybridized carbons (Fsp3) is 1.00. The summed E-state index contributed by atoms with van der Waals surface area (Å²) in [5, 5.41) is 9.03. The number of nitrogens with zero attached hydrogens (tertiary/aromatic N) is 1. The van der Waals surface area contributed by atoms with E-state index < -0.39 is 0 Å². The Labute approximate surface area is 79.9 Å². The Bertz CT molecular complexity index is 212. The summed E-state index contributed by atoms with van der Waals surface area (Å²) in [6.07, 6.45) is 7.07. The monoisotopic (exact) mass is 181 g/mol. The van der Waals surface area contributed by atoms with Gasteiger partial charge in [0.05, 0.1) is 0 Å². The van der Waals surface area contributed by atoms with Crippen molar-refractivity contribution in [3.05, 3.63) is 0 Å². The van der Waals surface area contributed by atoms with Gasteiger partial charge in [-0.25, -0.2) is 0 Å². The number of likely N-dealkylation sites (tertiary alicyclic amines) is 1. The van der Waals surface area contributed by atoms with E-state index in [1.54, 1.807) is 0 Å². The topological polar surface area (TPSA) is 23.5 Å². The molecule has 2 atom stereocenters. The maximum Gasteiger partial charge on any atom is 0.0474 e. The molecule has 2 heteroatoms. The van der Waals surface area contributed by atoms with Crippen molar-refractivity contribution in [3.8, 4) is 0 Å². The summed E-state index contributed by atoms with van der Waals surface area (Å²) in [5.74, 6) is 0.619. The maximum absolute atomic E-state index is 9.03. The Hall–Kier alpha value is -0.0800. The van der Waals surface area contributed by atoms with E-state index in [4.69, 9.17) is 5.11 Å². The Morgan fingerprint density at radius 3 is 2.77 bits per heavy atom. The van der Waals surface area contributed by atoms with Gasteiger partial charge in [0.1, 0.15) is 0 Å². The smallest absolute Gasteiger partial charge is 0.0474 e. The molecule has 2 nitrogen and oxygen atoms in total. The van der Waals surface area contributed by atoms with Crippen LogP contribution in [-0.4, -0.2) is 35.7 Å². The van der Waals surface area contributed by atoms with Gasteiger partial charge in [-0.2, -0.15) is 0 Å². The second-order valence-corrected chi connectivity index (χ2v) is 5.32. The highest BCUT2D eigenvalue weighted by atomic mass is 16.3. The van der Waals surface area contributed by atoms with E-state index in [2.05, 4.69) is 4.90 Å². The number of hydrogen-bond acceptors (Lipinski definition) is 2. The lowest BCUT2D eigenvalue weighted by Crippen LogP contribution is -2.38. The van der Waals surface area contributed by atoms with Crippen LogP contribution < -0.4 is 0 Å². The van der Waals surface area contributed by atoms with Gasteiger partial charge in [-0.15, -0.1) is 0 Å². The Balaban J connectivity index is 1.59. The first-order valence-corrected chi connectivity index (χ1v) is 5.68. The van der Waals surface area contributed by atoms with Crippen LogP contribution in [0.5, 0.6) is 0 Å². The number of aliphatic hydroxyl groups is 1. The van der Waals surface area contributed by atoms with Gasteiger partial charge in [0.15, 0.2) is 0 Å². The Kier molecular flexibility index (Phi) is 1.72. The van der Waals surface area contributed by atoms with Crippen LogP contribution in [0.3, 0.4) is 0 Å². The minimum absolute atomic E-state index is 0.411. The van der Waals surface area contributed by atoms with Crippen LogP contribution in [0.4, 0.5) is 0 Å². The molecule has 2 aliphatic carbocycles. The summed E-state index contributed by atoms with van der Waals surface area (Å²) in [6.45, 7) is 3.05. The lowest BCUT2D eigenvalue weighted by atomic mass is 9.95. The molecule has 3 aliphatic rings. The molecule has 1 heterocycles. The van der Waals surface area contributed by atoms with E-state index in [1.807, 2.05) is 0 Å². The normalized spacial score (nSPS) is 42.2. The zero-order valence-electron chi connectivity index (χ0n) is 8.21. The van der Waals surface area contributed by atoms with Gasteiger partial charge < -0.3 is 5.11 Å². The quantitative estimate of drug-likeness (QED) is 0.693. The molecule has 13 heavy (non-hydrogen) atoms. The van der Waals surface area contributed by atoms with E-state index >= 15 is 0 Å². The van der Waals surface area contributed by atoms with E-state index in [9.17, 15) is 0 Å². The highest BCUT2D eigenvalue weighted by Gasteiger charge is 2.50. The summed E-state index contributed by atoms with van der Waals surface area (Å²) in [7, 11) is 0. The predicted octanol–water partition coefficient (Wildman–Crippen LogP) is 1.24. The molecule has 0 aromatic heterocycles. The molecule has 3 rings (SSSR count). The van der Waals surface area contributed by atoms with Gasteiger partial charge in [0, 0.05) is 19.2 Å². The minimum Gasteiger partial charge on any atom is -0.396 e. The van der Waals surface area contributed by atoms with E-state index in [0.717, 1.165) is 11.5 Å². The Morgan fingerprint density at radius 2 is 2.15 bits per heavy atom. The van der Waals surface area contributed by atoms with Gasteiger partial charge in [0.2, 0.25) is 0 Å². The lowest BCUT2D eigenvalue weighted by Gasteiger charge is -2.33. The molecule has 0 aromatic carbocycles. The van der Waals surface area contributed by atoms with Gasteiger partial charge in [-0.1, -0.05) is 0 Å². The van der Waals surface area contributed by atoms with Crippen LogP contribution in [-0.2, 0) is 0 Å². The molecule has 2 unspecified atom stereocenters. The molecule has 1 spiro atoms. The average Bonchev–Trinajstić information content (AvgIpc) is 3.02. The van der Waals surface area contributed by atoms with Crippen molar-refractivity contribution >= 4 is 0 Å². The predicted molar refractivity (Wildman–Crippen MR) is 51.5 cm³/mol. The molecule has 0 bridgehead atoms. The third kappa shape index (κ3) is 1.40. The SMILES string of the molecule is OCC1CC1N1CCCC2(CC2)C1. The summed E-state index contributed by atoms with van der Waals surface area (Å²) in [6, 6.07) is 0.753. The number of hydrogen-bond donors (Lipinski definition) is 1. The first kappa shape index (κ1) is 8.25. The molecular formula is C11H19NO. The second-order valence-electron chi connectivity index (χ2n) is 5.32. The van der Waals surface area contributed by atoms with Crippen LogP contribution in [0, 0.1) is 11.3 Å². The van der Waals surface area contributed by atoms with Crippen LogP contribution in [0.1, 0.15) is 32.1 Å². The summed E-state index contributed by atoms with van der Waals surface area (Å²) in [5.41, 5.74) is 0.751. The van der Waals surface area contributed by atoms with Crippen molar-refractivity contribution < 1.29 is 5.11 Å². The zero-order valence-corrected chi connectivity index (χ0v) is 8.21. The molecule has 1 saturated heterocycles. The fourth-order valence-electron chi connectivity index (χ4n) is 2.99. The molecule has 3 fully saturated rings. The third-order valence-electron chi connectivity index (χ3n) is 4.24. The summed E-state index contributed by atoms with van der Waals surface area (Å²) in [4.78, 5) is 2.65. The van der Waals surface area contributed by atoms with Gasteiger partial charge in [-0.3, -0.25) is 4.90 Å². The van der Waals surface area contributed by atoms with Crippen molar-refractivity contribution in [3.63, 3.8) is 0 Å². The van der Waals surface area contributed by atoms with Crippen LogP contribution >= 0.6 is 0 Å². The molecule has 0 radical (unpaired) electrons. The molecule has 1 aliphatic heterocycles. The second kappa shape index (κ2) is 2.71. The van der Waals surface area contributed by atoms with E-state index in [0.29, 0.717) is 12.5 Å². The van der Waals surface area contributed by atoms with Crippen molar-refractivity contribution in [1.82, 2.24) is 4.90 Å². The number of piperidine rings is 1. The van der Waals surface area contributed by atoms with Crippen LogP contribution in [0.25, 0.3) is 0 Å². The Morgan fingerprint density at radius 1 is 1.31 bits per heavy atom. The van der Waals surface area contributed by atoms with Gasteiger partial charge in [0.25, 0.3) is 0 Å². The molecule has 0 aromatic rings. The maximum atomic E-state index is 9.03. The molecule has 2 saturated carbocycles. The fourth-order valence-corrected chi connectivity index (χ4v) is 2.99. The average molecular weight is 181 g/mol. The van der Waals surface area contributed by atoms with Gasteiger partial charge in [-0.05, 0) is 50.0 Å². The summed E-state index contributed by atoms with van der Waals surface area (Å²) >= 11 is 0. The first-order chi connectivity index (χ1) is 6.33. The standard InChI is InChI=1S/C11H19NO/c13-7-9-6-10(9)12-5-1-2-11(8-12)3-4-11/h9-10,13H,1-8H2. The highest BCUT2D eigenvalue weighted by Crippen LogP contribution is 2.53. The number of rotatable bonds is 2. The summed E-state index contributed by atoms with van der Waals surface area (Å²) < 4.78 is 0. The largest absolute Gasteiger partial charge is 0.396 e. The van der Waals surface area contributed by atoms with Gasteiger partial charge >= 0.3 is 0 Å². The molecule has 0 amide bonds. The van der Waals surface area contributed by atoms with Crippen LogP contribution in [0.15, 0.2) is 0 Å². The van der Waals surface area contributed by atoms with Crippen molar-refractivity contribution in [2.24, 2.45) is 11.3 Å². The molecule has 74 valence electrons. The lowest BCUT2D eigenvalue weighted by molar-refractivity contribution is 0.138. The van der Waals surface area contributed by atoms with Crippen molar-refractivity contribution in [1.29, 1.82) is 0 Å². The van der Waals surface area contributed by atoms with Crippen LogP contribution in [0.2, 0.25) is 0 Å². The number of aliphatic hydroxyl groups excluding tert-OH is 1. The van der Waals surface area contributed by atoms with E-state index in [-0.39, 0.29) is 0 Å².